The van der Waals surface area contributed by atoms with Gasteiger partial charge >= 0.3 is 0 Å². The SMILES string of the molecule is Cc1nc2c(C(N)=O)cnn2c(C)c1CCC(=O)Nc1ccc(S(=O)(=O)N(C)C)cc1. The van der Waals surface area contributed by atoms with E-state index in [0.29, 0.717) is 23.4 Å². The first-order chi connectivity index (χ1) is 14.5. The van der Waals surface area contributed by atoms with Crippen molar-refractivity contribution in [3.63, 3.8) is 0 Å². The Morgan fingerprint density at radius 3 is 2.39 bits per heavy atom. The lowest BCUT2D eigenvalue weighted by atomic mass is 10.1. The minimum atomic E-state index is -3.52. The van der Waals surface area contributed by atoms with Gasteiger partial charge in [0.25, 0.3) is 5.91 Å². The Morgan fingerprint density at radius 2 is 1.81 bits per heavy atom. The molecule has 0 spiro atoms. The minimum absolute atomic E-state index is 0.149. The molecule has 0 aliphatic rings. The zero-order chi connectivity index (χ0) is 22.9. The topological polar surface area (TPSA) is 140 Å². The number of fused-ring (bicyclic) bond motifs is 1. The number of nitrogens with zero attached hydrogens (tertiary/aromatic N) is 4. The maximum Gasteiger partial charge on any atom is 0.254 e. The average molecular weight is 445 g/mol. The van der Waals surface area contributed by atoms with E-state index in [4.69, 9.17) is 5.73 Å². The summed E-state index contributed by atoms with van der Waals surface area (Å²) in [5, 5.41) is 6.94. The van der Waals surface area contributed by atoms with Gasteiger partial charge in [-0.2, -0.15) is 5.10 Å². The Balaban J connectivity index is 1.71. The number of hydrogen-bond donors (Lipinski definition) is 2. The van der Waals surface area contributed by atoms with Crippen LogP contribution in [0.15, 0.2) is 35.4 Å². The fraction of sp³-hybridized carbons (Fsp3) is 0.300. The van der Waals surface area contributed by atoms with Gasteiger partial charge in [0.05, 0.1) is 11.1 Å². The summed E-state index contributed by atoms with van der Waals surface area (Å²) in [6.45, 7) is 3.65. The summed E-state index contributed by atoms with van der Waals surface area (Å²) < 4.78 is 26.9. The van der Waals surface area contributed by atoms with E-state index in [2.05, 4.69) is 15.4 Å². The second-order valence-corrected chi connectivity index (χ2v) is 9.43. The Morgan fingerprint density at radius 1 is 1.16 bits per heavy atom. The van der Waals surface area contributed by atoms with E-state index in [1.54, 1.807) is 16.6 Å². The highest BCUT2D eigenvalue weighted by molar-refractivity contribution is 7.89. The molecule has 11 heteroatoms. The van der Waals surface area contributed by atoms with Crippen molar-refractivity contribution in [2.45, 2.75) is 31.6 Å². The first-order valence-electron chi connectivity index (χ1n) is 9.48. The molecule has 2 amide bonds. The van der Waals surface area contributed by atoms with Crippen molar-refractivity contribution in [2.24, 2.45) is 5.73 Å². The number of aromatic nitrogens is 3. The minimum Gasteiger partial charge on any atom is -0.365 e. The summed E-state index contributed by atoms with van der Waals surface area (Å²) in [6, 6.07) is 6.00. The molecule has 0 radical (unpaired) electrons. The van der Waals surface area contributed by atoms with Crippen LogP contribution in [0.1, 0.15) is 33.7 Å². The summed E-state index contributed by atoms with van der Waals surface area (Å²) in [5.74, 6) is -0.821. The Kier molecular flexibility index (Phi) is 6.09. The standard InChI is InChI=1S/C20H24N6O4S/c1-12-16(13(2)26-20(23-12)17(11-22-26)19(21)28)9-10-18(27)24-14-5-7-15(8-6-14)31(29,30)25(3)4/h5-8,11H,9-10H2,1-4H3,(H2,21,28)(H,24,27). The van der Waals surface area contributed by atoms with Crippen LogP contribution in [0, 0.1) is 13.8 Å². The van der Waals surface area contributed by atoms with E-state index in [9.17, 15) is 18.0 Å². The van der Waals surface area contributed by atoms with Crippen LogP contribution in [-0.2, 0) is 21.2 Å². The molecule has 0 saturated carbocycles. The molecule has 3 N–H and O–H groups in total. The summed E-state index contributed by atoms with van der Waals surface area (Å²) in [7, 11) is -0.608. The van der Waals surface area contributed by atoms with Crippen molar-refractivity contribution < 1.29 is 18.0 Å². The molecule has 0 unspecified atom stereocenters. The number of hydrogen-bond acceptors (Lipinski definition) is 6. The summed E-state index contributed by atoms with van der Waals surface area (Å²) in [5.41, 5.74) is 8.83. The number of aryl methyl sites for hydroxylation is 2. The van der Waals surface area contributed by atoms with Crippen molar-refractivity contribution in [3.8, 4) is 0 Å². The maximum absolute atomic E-state index is 12.4. The monoisotopic (exact) mass is 444 g/mol. The molecule has 0 saturated heterocycles. The predicted octanol–water partition coefficient (Wildman–Crippen LogP) is 1.27. The summed E-state index contributed by atoms with van der Waals surface area (Å²) in [6.07, 6.45) is 2.00. The van der Waals surface area contributed by atoms with Crippen LogP contribution in [0.25, 0.3) is 5.65 Å². The smallest absolute Gasteiger partial charge is 0.254 e. The van der Waals surface area contributed by atoms with Gasteiger partial charge in [-0.15, -0.1) is 0 Å². The third kappa shape index (κ3) is 4.42. The highest BCUT2D eigenvalue weighted by Crippen LogP contribution is 2.20. The van der Waals surface area contributed by atoms with Crippen LogP contribution < -0.4 is 11.1 Å². The predicted molar refractivity (Wildman–Crippen MR) is 115 cm³/mol. The zero-order valence-corrected chi connectivity index (χ0v) is 18.5. The van der Waals surface area contributed by atoms with Crippen molar-refractivity contribution >= 4 is 33.2 Å². The lowest BCUT2D eigenvalue weighted by molar-refractivity contribution is -0.116. The molecule has 0 aliphatic heterocycles. The van der Waals surface area contributed by atoms with Crippen LogP contribution in [0.4, 0.5) is 5.69 Å². The highest BCUT2D eigenvalue weighted by Gasteiger charge is 2.18. The molecule has 3 aromatic rings. The van der Waals surface area contributed by atoms with Gasteiger partial charge in [0.15, 0.2) is 5.65 Å². The van der Waals surface area contributed by atoms with E-state index >= 15 is 0 Å². The average Bonchev–Trinajstić information content (AvgIpc) is 3.12. The molecule has 0 fully saturated rings. The van der Waals surface area contributed by atoms with Crippen LogP contribution >= 0.6 is 0 Å². The quantitative estimate of drug-likeness (QED) is 0.562. The Hall–Kier alpha value is -3.31. The number of carbonyl (C=O) groups is 2. The fourth-order valence-corrected chi connectivity index (χ4v) is 4.13. The number of sulfonamides is 1. The summed E-state index contributed by atoms with van der Waals surface area (Å²) in [4.78, 5) is 28.5. The van der Waals surface area contributed by atoms with Crippen LogP contribution in [0.2, 0.25) is 0 Å². The third-order valence-corrected chi connectivity index (χ3v) is 6.82. The maximum atomic E-state index is 12.4. The molecule has 164 valence electrons. The fourth-order valence-electron chi connectivity index (χ4n) is 3.23. The number of primary amides is 1. The molecule has 3 rings (SSSR count). The number of amides is 2. The van der Waals surface area contributed by atoms with Crippen LogP contribution in [0.3, 0.4) is 0 Å². The molecule has 31 heavy (non-hydrogen) atoms. The summed E-state index contributed by atoms with van der Waals surface area (Å²) >= 11 is 0. The van der Waals surface area contributed by atoms with E-state index < -0.39 is 15.9 Å². The molecule has 2 aromatic heterocycles. The number of carbonyl (C=O) groups excluding carboxylic acids is 2. The lowest BCUT2D eigenvalue weighted by Gasteiger charge is -2.13. The molecule has 0 atom stereocenters. The number of nitrogens with one attached hydrogen (secondary N) is 1. The number of rotatable bonds is 7. The van der Waals surface area contributed by atoms with Crippen LogP contribution in [0.5, 0.6) is 0 Å². The normalized spacial score (nSPS) is 11.8. The third-order valence-electron chi connectivity index (χ3n) is 4.99. The van der Waals surface area contributed by atoms with Crippen molar-refractivity contribution in [2.75, 3.05) is 19.4 Å². The van der Waals surface area contributed by atoms with Gasteiger partial charge in [-0.1, -0.05) is 0 Å². The molecule has 1 aromatic carbocycles. The first kappa shape index (κ1) is 22.4. The van der Waals surface area contributed by atoms with Crippen molar-refractivity contribution in [1.29, 1.82) is 0 Å². The van der Waals surface area contributed by atoms with Gasteiger partial charge in [-0.25, -0.2) is 22.2 Å². The van der Waals surface area contributed by atoms with Crippen molar-refractivity contribution in [3.05, 3.63) is 53.0 Å². The lowest BCUT2D eigenvalue weighted by Crippen LogP contribution is -2.22. The first-order valence-corrected chi connectivity index (χ1v) is 10.9. The van der Waals surface area contributed by atoms with Crippen molar-refractivity contribution in [1.82, 2.24) is 18.9 Å². The molecule has 2 heterocycles. The van der Waals surface area contributed by atoms with E-state index in [0.717, 1.165) is 15.6 Å². The van der Waals surface area contributed by atoms with E-state index in [1.165, 1.54) is 32.4 Å². The molecular formula is C20H24N6O4S. The highest BCUT2D eigenvalue weighted by atomic mass is 32.2. The largest absolute Gasteiger partial charge is 0.365 e. The number of nitrogens with two attached hydrogens (primary N) is 1. The van der Waals surface area contributed by atoms with Crippen LogP contribution in [-0.4, -0.2) is 53.2 Å². The Labute approximate surface area is 180 Å². The molecule has 0 bridgehead atoms. The zero-order valence-electron chi connectivity index (χ0n) is 17.7. The Bertz CT molecular complexity index is 1260. The molecule has 10 nitrogen and oxygen atoms in total. The van der Waals surface area contributed by atoms with Gasteiger partial charge in [-0.3, -0.25) is 9.59 Å². The van der Waals surface area contributed by atoms with Gasteiger partial charge in [-0.05, 0) is 50.1 Å². The van der Waals surface area contributed by atoms with Gasteiger partial charge in [0.1, 0.15) is 5.56 Å². The second-order valence-electron chi connectivity index (χ2n) is 7.28. The van der Waals surface area contributed by atoms with E-state index in [-0.39, 0.29) is 22.8 Å². The molecular weight excluding hydrogens is 420 g/mol. The van der Waals surface area contributed by atoms with E-state index in [1.807, 2.05) is 13.8 Å². The van der Waals surface area contributed by atoms with Gasteiger partial charge in [0.2, 0.25) is 15.9 Å². The second kappa shape index (κ2) is 8.44. The molecule has 0 aliphatic carbocycles. The number of benzene rings is 1. The van der Waals surface area contributed by atoms with Gasteiger partial charge in [0, 0.05) is 37.6 Å². The number of anilines is 1. The van der Waals surface area contributed by atoms with Gasteiger partial charge < -0.3 is 11.1 Å².